The Labute approximate surface area is 227 Å². The number of halogens is 10. The predicted molar refractivity (Wildman–Crippen MR) is 133 cm³/mol. The fraction of sp³-hybridized carbons (Fsp3) is 0.160. The van der Waals surface area contributed by atoms with E-state index in [0.29, 0.717) is 11.8 Å². The Kier molecular flexibility index (Phi) is 8.90. The van der Waals surface area contributed by atoms with E-state index < -0.39 is 52.3 Å². The third-order valence-corrected chi connectivity index (χ3v) is 6.45. The maximum absolute atomic E-state index is 15.0. The highest BCUT2D eigenvalue weighted by molar-refractivity contribution is 6.48. The first-order valence-electron chi connectivity index (χ1n) is 10.5. The molecule has 3 aromatic rings. The van der Waals surface area contributed by atoms with E-state index >= 15 is 0 Å². The third-order valence-electron chi connectivity index (χ3n) is 5.25. The van der Waals surface area contributed by atoms with E-state index in [2.05, 4.69) is 10.9 Å². The summed E-state index contributed by atoms with van der Waals surface area (Å²) < 4.78 is 97.5. The van der Waals surface area contributed by atoms with E-state index in [1.165, 1.54) is 0 Å². The molecule has 0 fully saturated rings. The van der Waals surface area contributed by atoms with Crippen LogP contribution in [0.2, 0.25) is 15.1 Å². The predicted octanol–water partition coefficient (Wildman–Crippen LogP) is 9.39. The first-order chi connectivity index (χ1) is 17.6. The molecule has 0 saturated carbocycles. The number of anilines is 1. The molecule has 2 N–H and O–H groups in total. The van der Waals surface area contributed by atoms with Crippen LogP contribution in [0.4, 0.5) is 36.4 Å². The Balaban J connectivity index is 1.97. The van der Waals surface area contributed by atoms with Gasteiger partial charge in [-0.3, -0.25) is 15.6 Å². The van der Waals surface area contributed by atoms with Gasteiger partial charge in [0, 0.05) is 5.56 Å². The van der Waals surface area contributed by atoms with Gasteiger partial charge in [-0.25, -0.2) is 4.39 Å². The minimum absolute atomic E-state index is 0.0874. The normalized spacial score (nSPS) is 13.3. The van der Waals surface area contributed by atoms with Gasteiger partial charge in [0.15, 0.2) is 0 Å². The highest BCUT2D eigenvalue weighted by Crippen LogP contribution is 2.42. The van der Waals surface area contributed by atoms with Crippen molar-refractivity contribution in [3.63, 3.8) is 0 Å². The van der Waals surface area contributed by atoms with Crippen LogP contribution >= 0.6 is 34.8 Å². The van der Waals surface area contributed by atoms with Crippen LogP contribution < -0.4 is 10.9 Å². The number of hydrogen-bond acceptors (Lipinski definition) is 2. The van der Waals surface area contributed by atoms with Gasteiger partial charge in [-0.15, -0.1) is 0 Å². The molecule has 38 heavy (non-hydrogen) atoms. The van der Waals surface area contributed by atoms with Crippen LogP contribution in [0.15, 0.2) is 60.7 Å². The smallest absolute Gasteiger partial charge is 0.298 e. The van der Waals surface area contributed by atoms with E-state index in [4.69, 9.17) is 34.8 Å². The summed E-state index contributed by atoms with van der Waals surface area (Å²) in [5.74, 6) is -5.44. The lowest BCUT2D eigenvalue weighted by Gasteiger charge is -2.19. The second-order valence-corrected chi connectivity index (χ2v) is 9.23. The lowest BCUT2D eigenvalue weighted by molar-refractivity contribution is -0.140. The number of amides is 1. The maximum Gasteiger partial charge on any atom is 0.417 e. The molecule has 3 nitrogen and oxygen atoms in total. The number of allylic oxidation sites excluding steroid dienone is 1. The molecule has 0 radical (unpaired) electrons. The van der Waals surface area contributed by atoms with Crippen LogP contribution in [0.1, 0.15) is 38.5 Å². The maximum atomic E-state index is 15.0. The van der Waals surface area contributed by atoms with Crippen LogP contribution in [-0.2, 0) is 6.18 Å². The molecule has 0 saturated heterocycles. The largest absolute Gasteiger partial charge is 0.417 e. The molecule has 202 valence electrons. The minimum Gasteiger partial charge on any atom is -0.298 e. The van der Waals surface area contributed by atoms with Crippen LogP contribution in [0, 0.1) is 6.92 Å². The summed E-state index contributed by atoms with van der Waals surface area (Å²) in [6, 6.07) is 9.86. The molecule has 0 bridgehead atoms. The van der Waals surface area contributed by atoms with Gasteiger partial charge < -0.3 is 0 Å². The van der Waals surface area contributed by atoms with E-state index in [-0.39, 0.29) is 27.2 Å². The molecule has 0 aromatic heterocycles. The monoisotopic (exact) mass is 598 g/mol. The topological polar surface area (TPSA) is 41.1 Å². The fourth-order valence-electron chi connectivity index (χ4n) is 3.34. The van der Waals surface area contributed by atoms with E-state index in [9.17, 15) is 35.5 Å². The number of rotatable bonds is 6. The molecule has 13 heteroatoms. The first kappa shape index (κ1) is 29.6. The molecule has 1 atom stereocenters. The Morgan fingerprint density at radius 3 is 2.00 bits per heavy atom. The summed E-state index contributed by atoms with van der Waals surface area (Å²) in [7, 11) is 0. The Morgan fingerprint density at radius 2 is 1.47 bits per heavy atom. The summed E-state index contributed by atoms with van der Waals surface area (Å²) in [6.45, 7) is 1.81. The lowest BCUT2D eigenvalue weighted by atomic mass is 9.95. The van der Waals surface area contributed by atoms with Crippen molar-refractivity contribution >= 4 is 52.2 Å². The molecule has 1 unspecified atom stereocenters. The Hall–Kier alpha value is -2.95. The minimum atomic E-state index is -5.13. The molecule has 0 aliphatic carbocycles. The SMILES string of the molecule is Cc1ccc(NNC(=O)c2ccc(/C(F)=C/C(c3cc(Cl)c(Cl)c(Cl)c3)C(F)(F)F)cc2C(F)(F)F)cc1. The van der Waals surface area contributed by atoms with Crippen LogP contribution in [-0.4, -0.2) is 12.1 Å². The highest BCUT2D eigenvalue weighted by Gasteiger charge is 2.41. The van der Waals surface area contributed by atoms with Crippen molar-refractivity contribution in [1.82, 2.24) is 5.43 Å². The quantitative estimate of drug-likeness (QED) is 0.168. The third kappa shape index (κ3) is 7.12. The zero-order valence-corrected chi connectivity index (χ0v) is 21.3. The number of hydrazine groups is 1. The number of carbonyl (C=O) groups is 1. The molecule has 0 aliphatic heterocycles. The van der Waals surface area contributed by atoms with Crippen LogP contribution in [0.5, 0.6) is 0 Å². The summed E-state index contributed by atoms with van der Waals surface area (Å²) in [6.07, 6.45) is -10.1. The van der Waals surface area contributed by atoms with Gasteiger partial charge >= 0.3 is 12.4 Å². The molecule has 1 amide bonds. The van der Waals surface area contributed by atoms with Gasteiger partial charge in [-0.05, 0) is 55.0 Å². The zero-order chi connectivity index (χ0) is 28.4. The van der Waals surface area contributed by atoms with Crippen molar-refractivity contribution in [3.8, 4) is 0 Å². The molecule has 0 heterocycles. The average molecular weight is 600 g/mol. The molecule has 3 aromatic carbocycles. The average Bonchev–Trinajstić information content (AvgIpc) is 2.83. The first-order valence-corrected chi connectivity index (χ1v) is 11.6. The van der Waals surface area contributed by atoms with Gasteiger partial charge in [0.2, 0.25) is 0 Å². The summed E-state index contributed by atoms with van der Waals surface area (Å²) in [5, 5.41) is -0.875. The van der Waals surface area contributed by atoms with Gasteiger partial charge in [0.25, 0.3) is 5.91 Å². The summed E-state index contributed by atoms with van der Waals surface area (Å²) in [5.41, 5.74) is 1.99. The van der Waals surface area contributed by atoms with Gasteiger partial charge in [-0.2, -0.15) is 26.3 Å². The van der Waals surface area contributed by atoms with Crippen molar-refractivity contribution in [2.75, 3.05) is 5.43 Å². The lowest BCUT2D eigenvalue weighted by Crippen LogP contribution is -2.31. The summed E-state index contributed by atoms with van der Waals surface area (Å²) in [4.78, 5) is 12.5. The van der Waals surface area contributed by atoms with Crippen molar-refractivity contribution in [3.05, 3.63) is 104 Å². The standard InChI is InChI=1S/C25H16Cl3F7N2O/c1-12-2-5-15(6-3-12)36-37-23(38)16-7-4-13(8-18(16)25(33,34)35)21(29)11-17(24(30,31)32)14-9-19(26)22(28)20(27)10-14/h2-11,17,36H,1H3,(H,37,38)/b21-11-. The second kappa shape index (κ2) is 11.4. The van der Waals surface area contributed by atoms with E-state index in [1.807, 2.05) is 6.92 Å². The van der Waals surface area contributed by atoms with Crippen molar-refractivity contribution in [1.29, 1.82) is 0 Å². The zero-order valence-electron chi connectivity index (χ0n) is 19.0. The molecule has 0 aliphatic rings. The number of aryl methyl sites for hydroxylation is 1. The number of carbonyl (C=O) groups excluding carboxylic acids is 1. The molecule has 0 spiro atoms. The summed E-state index contributed by atoms with van der Waals surface area (Å²) >= 11 is 17.3. The number of alkyl halides is 6. The van der Waals surface area contributed by atoms with Crippen molar-refractivity contribution in [2.24, 2.45) is 0 Å². The molecule has 3 rings (SSSR count). The number of benzene rings is 3. The fourth-order valence-corrected chi connectivity index (χ4v) is 3.95. The molecular formula is C25H16Cl3F7N2O. The molecular weight excluding hydrogens is 584 g/mol. The van der Waals surface area contributed by atoms with Crippen molar-refractivity contribution in [2.45, 2.75) is 25.2 Å². The van der Waals surface area contributed by atoms with Gasteiger partial charge in [-0.1, -0.05) is 58.6 Å². The van der Waals surface area contributed by atoms with Crippen molar-refractivity contribution < 1.29 is 35.5 Å². The van der Waals surface area contributed by atoms with Crippen LogP contribution in [0.3, 0.4) is 0 Å². The number of hydrogen-bond donors (Lipinski definition) is 2. The highest BCUT2D eigenvalue weighted by atomic mass is 35.5. The van der Waals surface area contributed by atoms with Crippen LogP contribution in [0.25, 0.3) is 5.83 Å². The van der Waals surface area contributed by atoms with Gasteiger partial charge in [0.1, 0.15) is 11.7 Å². The van der Waals surface area contributed by atoms with Gasteiger partial charge in [0.05, 0.1) is 31.9 Å². The Morgan fingerprint density at radius 1 is 0.895 bits per heavy atom. The Bertz CT molecular complexity index is 1350. The van der Waals surface area contributed by atoms with E-state index in [1.54, 1.807) is 24.3 Å². The second-order valence-electron chi connectivity index (χ2n) is 8.04. The number of nitrogens with one attached hydrogen (secondary N) is 2. The van der Waals surface area contributed by atoms with E-state index in [0.717, 1.165) is 23.8 Å².